The molecule has 170 valence electrons. The highest BCUT2D eigenvalue weighted by atomic mass is 35.5. The van der Waals surface area contributed by atoms with E-state index in [4.69, 9.17) is 21.1 Å². The van der Waals surface area contributed by atoms with Gasteiger partial charge in [0, 0.05) is 17.2 Å². The Morgan fingerprint density at radius 3 is 2.55 bits per heavy atom. The van der Waals surface area contributed by atoms with Gasteiger partial charge in [-0.25, -0.2) is 13.8 Å². The molecule has 0 spiro atoms. The first-order chi connectivity index (χ1) is 15.9. The van der Waals surface area contributed by atoms with Gasteiger partial charge in [-0.3, -0.25) is 0 Å². The third kappa shape index (κ3) is 4.16. The third-order valence-electron chi connectivity index (χ3n) is 5.48. The van der Waals surface area contributed by atoms with Crippen molar-refractivity contribution in [2.24, 2.45) is 0 Å². The Morgan fingerprint density at radius 2 is 1.85 bits per heavy atom. The minimum absolute atomic E-state index is 0.115. The molecule has 0 bridgehead atoms. The zero-order chi connectivity index (χ0) is 23.1. The van der Waals surface area contributed by atoms with Crippen LogP contribution in [0.25, 0.3) is 33.5 Å². The number of benzene rings is 2. The predicted molar refractivity (Wildman–Crippen MR) is 117 cm³/mol. The quantitative estimate of drug-likeness (QED) is 0.408. The highest BCUT2D eigenvalue weighted by Crippen LogP contribution is 2.32. The summed E-state index contributed by atoms with van der Waals surface area (Å²) in [4.78, 5) is 11.8. The van der Waals surface area contributed by atoms with Crippen LogP contribution in [0.15, 0.2) is 48.5 Å². The molecule has 3 unspecified atom stereocenters. The fourth-order valence-corrected chi connectivity index (χ4v) is 4.01. The number of imidazole rings is 1. The number of hydrogen-bond donors (Lipinski definition) is 3. The van der Waals surface area contributed by atoms with Gasteiger partial charge in [0.2, 0.25) is 0 Å². The van der Waals surface area contributed by atoms with E-state index in [2.05, 4.69) is 15.0 Å². The maximum atomic E-state index is 14.1. The number of aromatic nitrogens is 3. The molecule has 0 amide bonds. The van der Waals surface area contributed by atoms with Crippen LogP contribution >= 0.6 is 11.6 Å². The second-order valence-electron chi connectivity index (χ2n) is 7.63. The van der Waals surface area contributed by atoms with Crippen LogP contribution < -0.4 is 4.74 Å². The van der Waals surface area contributed by atoms with Crippen LogP contribution in [-0.4, -0.2) is 56.7 Å². The van der Waals surface area contributed by atoms with Crippen molar-refractivity contribution in [1.29, 1.82) is 0 Å². The van der Waals surface area contributed by atoms with Gasteiger partial charge in [-0.2, -0.15) is 4.98 Å². The molecule has 2 aromatic heterocycles. The van der Waals surface area contributed by atoms with Gasteiger partial charge in [0.25, 0.3) is 6.01 Å². The Balaban J connectivity index is 1.41. The number of pyridine rings is 1. The Morgan fingerprint density at radius 1 is 1.09 bits per heavy atom. The lowest BCUT2D eigenvalue weighted by Gasteiger charge is -2.15. The van der Waals surface area contributed by atoms with Gasteiger partial charge in [0.05, 0.1) is 29.4 Å². The second-order valence-corrected chi connectivity index (χ2v) is 8.04. The van der Waals surface area contributed by atoms with E-state index in [0.29, 0.717) is 33.0 Å². The van der Waals surface area contributed by atoms with Gasteiger partial charge in [-0.1, -0.05) is 35.9 Å². The van der Waals surface area contributed by atoms with E-state index in [9.17, 15) is 19.0 Å². The maximum Gasteiger partial charge on any atom is 0.296 e. The van der Waals surface area contributed by atoms with Gasteiger partial charge < -0.3 is 24.7 Å². The van der Waals surface area contributed by atoms with Gasteiger partial charge in [0.1, 0.15) is 23.8 Å². The van der Waals surface area contributed by atoms with Crippen molar-refractivity contribution in [2.45, 2.75) is 18.3 Å². The Kier molecular flexibility index (Phi) is 5.71. The molecule has 33 heavy (non-hydrogen) atoms. The zero-order valence-electron chi connectivity index (χ0n) is 17.0. The molecule has 0 aliphatic carbocycles. The molecule has 3 heterocycles. The van der Waals surface area contributed by atoms with Crippen LogP contribution in [0.2, 0.25) is 5.02 Å². The first kappa shape index (κ1) is 21.7. The minimum Gasteiger partial charge on any atom is -0.456 e. The lowest BCUT2D eigenvalue weighted by Crippen LogP contribution is -2.36. The lowest BCUT2D eigenvalue weighted by molar-refractivity contribution is -0.00390. The summed E-state index contributed by atoms with van der Waals surface area (Å²) < 4.78 is 38.2. The summed E-state index contributed by atoms with van der Waals surface area (Å²) in [6, 6.07) is 12.1. The first-order valence-corrected chi connectivity index (χ1v) is 10.5. The predicted octanol–water partition coefficient (Wildman–Crippen LogP) is 3.72. The second kappa shape index (κ2) is 8.68. The largest absolute Gasteiger partial charge is 0.456 e. The average molecular weight is 474 g/mol. The summed E-state index contributed by atoms with van der Waals surface area (Å²) in [5.41, 5.74) is 2.92. The standard InChI is InChI=1S/C23H18ClF2N3O4/c24-15-8-17-22(29-23(27-17)33-19-10-32-18(9-30)21(19)31)28-20(15)12-3-1-11(2-4-12)14-6-5-13(25)7-16(14)26/h1-8,18-19,21,30-31H,9-10H2,(H,27,28,29). The molecule has 5 rings (SSSR count). The van der Waals surface area contributed by atoms with E-state index in [-0.39, 0.29) is 24.8 Å². The number of nitrogens with zero attached hydrogens (tertiary/aromatic N) is 2. The van der Waals surface area contributed by atoms with E-state index >= 15 is 0 Å². The number of hydrogen-bond acceptors (Lipinski definition) is 6. The molecule has 1 saturated heterocycles. The van der Waals surface area contributed by atoms with Crippen LogP contribution in [0.4, 0.5) is 8.78 Å². The number of aliphatic hydroxyl groups is 2. The van der Waals surface area contributed by atoms with E-state index in [1.54, 1.807) is 30.3 Å². The molecular formula is C23H18ClF2N3O4. The monoisotopic (exact) mass is 473 g/mol. The Hall–Kier alpha value is -3.11. The normalized spacial score (nSPS) is 20.5. The first-order valence-electron chi connectivity index (χ1n) is 10.1. The molecule has 1 aliphatic rings. The third-order valence-corrected chi connectivity index (χ3v) is 5.77. The zero-order valence-corrected chi connectivity index (χ0v) is 17.8. The van der Waals surface area contributed by atoms with E-state index < -0.39 is 29.9 Å². The van der Waals surface area contributed by atoms with Crippen molar-refractivity contribution in [1.82, 2.24) is 15.0 Å². The molecule has 0 saturated carbocycles. The molecule has 3 N–H and O–H groups in total. The van der Waals surface area contributed by atoms with Crippen molar-refractivity contribution in [3.05, 3.63) is 65.2 Å². The summed E-state index contributed by atoms with van der Waals surface area (Å²) in [6.45, 7) is -0.196. The summed E-state index contributed by atoms with van der Waals surface area (Å²) in [5, 5.41) is 19.7. The topological polar surface area (TPSA) is 100 Å². The molecular weight excluding hydrogens is 456 g/mol. The summed E-state index contributed by atoms with van der Waals surface area (Å²) in [5.74, 6) is -1.28. The summed E-state index contributed by atoms with van der Waals surface area (Å²) >= 11 is 6.44. The molecule has 10 heteroatoms. The molecule has 0 radical (unpaired) electrons. The Bertz CT molecular complexity index is 1320. The fraction of sp³-hybridized carbons (Fsp3) is 0.217. The maximum absolute atomic E-state index is 14.1. The van der Waals surface area contributed by atoms with Crippen LogP contribution in [-0.2, 0) is 4.74 Å². The average Bonchev–Trinajstić information content (AvgIpc) is 3.35. The number of aliphatic hydroxyl groups excluding tert-OH is 2. The summed E-state index contributed by atoms with van der Waals surface area (Å²) in [6.07, 6.45) is -2.37. The number of rotatable bonds is 5. The number of halogens is 3. The van der Waals surface area contributed by atoms with E-state index in [0.717, 1.165) is 6.07 Å². The van der Waals surface area contributed by atoms with Crippen molar-refractivity contribution in [3.8, 4) is 28.4 Å². The van der Waals surface area contributed by atoms with Gasteiger partial charge in [-0.15, -0.1) is 0 Å². The van der Waals surface area contributed by atoms with Crippen LogP contribution in [0.1, 0.15) is 0 Å². The fourth-order valence-electron chi connectivity index (χ4n) is 3.75. The number of H-pyrrole nitrogens is 1. The van der Waals surface area contributed by atoms with Crippen LogP contribution in [0, 0.1) is 11.6 Å². The number of aromatic amines is 1. The SMILES string of the molecule is OCC1OCC(Oc2nc3nc(-c4ccc(-c5ccc(F)cc5F)cc4)c(Cl)cc3[nH]2)C1O. The molecule has 1 aliphatic heterocycles. The molecule has 2 aromatic carbocycles. The lowest BCUT2D eigenvalue weighted by atomic mass is 10.0. The number of fused-ring (bicyclic) bond motifs is 1. The molecule has 4 aromatic rings. The van der Waals surface area contributed by atoms with Gasteiger partial charge in [0.15, 0.2) is 11.8 Å². The highest BCUT2D eigenvalue weighted by molar-refractivity contribution is 6.33. The van der Waals surface area contributed by atoms with Crippen LogP contribution in [0.5, 0.6) is 6.01 Å². The van der Waals surface area contributed by atoms with Gasteiger partial charge >= 0.3 is 0 Å². The number of ether oxygens (including phenoxy) is 2. The molecule has 1 fully saturated rings. The molecule has 7 nitrogen and oxygen atoms in total. The number of nitrogens with one attached hydrogen (secondary N) is 1. The van der Waals surface area contributed by atoms with E-state index in [1.807, 2.05) is 0 Å². The van der Waals surface area contributed by atoms with Crippen molar-refractivity contribution in [3.63, 3.8) is 0 Å². The highest BCUT2D eigenvalue weighted by Gasteiger charge is 2.37. The minimum atomic E-state index is -0.986. The van der Waals surface area contributed by atoms with Crippen molar-refractivity contribution in [2.75, 3.05) is 13.2 Å². The van der Waals surface area contributed by atoms with Gasteiger partial charge in [-0.05, 0) is 23.8 Å². The van der Waals surface area contributed by atoms with Crippen LogP contribution in [0.3, 0.4) is 0 Å². The Labute approximate surface area is 191 Å². The van der Waals surface area contributed by atoms with E-state index in [1.165, 1.54) is 12.1 Å². The van der Waals surface area contributed by atoms with Crippen molar-refractivity contribution >= 4 is 22.8 Å². The molecule has 3 atom stereocenters. The van der Waals surface area contributed by atoms with Crippen molar-refractivity contribution < 1.29 is 28.5 Å². The smallest absolute Gasteiger partial charge is 0.296 e. The summed E-state index contributed by atoms with van der Waals surface area (Å²) in [7, 11) is 0.